The molecule has 8 heteroatoms. The Hall–Kier alpha value is -1.12. The van der Waals surface area contributed by atoms with E-state index in [-0.39, 0.29) is 12.4 Å². The molecule has 1 aliphatic rings. The second-order valence-corrected chi connectivity index (χ2v) is 8.23. The third kappa shape index (κ3) is 3.99. The number of sulfonamides is 1. The molecular formula is C14H17BrN2O4S. The van der Waals surface area contributed by atoms with E-state index < -0.39 is 10.0 Å². The van der Waals surface area contributed by atoms with Gasteiger partial charge in [0.05, 0.1) is 18.0 Å². The average molecular weight is 389 g/mol. The first-order valence-electron chi connectivity index (χ1n) is 7.08. The summed E-state index contributed by atoms with van der Waals surface area (Å²) in [6.45, 7) is 2.56. The van der Waals surface area contributed by atoms with E-state index in [4.69, 9.17) is 9.15 Å². The van der Waals surface area contributed by atoms with Crippen LogP contribution < -0.4 is 4.72 Å². The van der Waals surface area contributed by atoms with Gasteiger partial charge in [-0.25, -0.2) is 13.4 Å². The number of nitrogens with one attached hydrogen (secondary N) is 1. The molecule has 120 valence electrons. The molecule has 3 rings (SSSR count). The number of anilines is 1. The van der Waals surface area contributed by atoms with Crippen LogP contribution >= 0.6 is 15.9 Å². The maximum absolute atomic E-state index is 12.2. The molecule has 22 heavy (non-hydrogen) atoms. The van der Waals surface area contributed by atoms with Crippen LogP contribution in [0.1, 0.15) is 18.7 Å². The Balaban J connectivity index is 1.70. The SMILES string of the molecule is Cc1nc2cc(Br)cc(NS(=O)(=O)CCOCC3CC3)c2o1. The Morgan fingerprint density at radius 2 is 2.23 bits per heavy atom. The molecule has 1 N–H and O–H groups in total. The molecule has 0 saturated heterocycles. The van der Waals surface area contributed by atoms with Crippen LogP contribution in [0.4, 0.5) is 5.69 Å². The van der Waals surface area contributed by atoms with Gasteiger partial charge < -0.3 is 9.15 Å². The number of hydrogen-bond acceptors (Lipinski definition) is 5. The molecule has 0 amide bonds. The van der Waals surface area contributed by atoms with Crippen molar-refractivity contribution in [3.63, 3.8) is 0 Å². The van der Waals surface area contributed by atoms with Gasteiger partial charge in [-0.05, 0) is 30.9 Å². The molecule has 1 saturated carbocycles. The van der Waals surface area contributed by atoms with Crippen LogP contribution in [0.25, 0.3) is 11.1 Å². The Morgan fingerprint density at radius 1 is 1.45 bits per heavy atom. The van der Waals surface area contributed by atoms with E-state index in [0.29, 0.717) is 35.2 Å². The lowest BCUT2D eigenvalue weighted by Gasteiger charge is -2.09. The highest BCUT2D eigenvalue weighted by Gasteiger charge is 2.22. The number of aryl methyl sites for hydroxylation is 1. The summed E-state index contributed by atoms with van der Waals surface area (Å²) in [5.41, 5.74) is 1.42. The highest BCUT2D eigenvalue weighted by Crippen LogP contribution is 2.30. The van der Waals surface area contributed by atoms with Gasteiger partial charge in [0.1, 0.15) is 5.52 Å². The normalized spacial score (nSPS) is 15.4. The minimum absolute atomic E-state index is 0.0825. The molecule has 0 unspecified atom stereocenters. The maximum Gasteiger partial charge on any atom is 0.235 e. The van der Waals surface area contributed by atoms with Crippen molar-refractivity contribution in [1.82, 2.24) is 4.98 Å². The van der Waals surface area contributed by atoms with Crippen molar-refractivity contribution in [3.05, 3.63) is 22.5 Å². The molecule has 0 radical (unpaired) electrons. The van der Waals surface area contributed by atoms with Gasteiger partial charge in [0.25, 0.3) is 0 Å². The lowest BCUT2D eigenvalue weighted by molar-refractivity contribution is 0.138. The number of halogens is 1. The molecule has 0 atom stereocenters. The zero-order valence-corrected chi connectivity index (χ0v) is 14.5. The number of fused-ring (bicyclic) bond motifs is 1. The van der Waals surface area contributed by atoms with E-state index in [2.05, 4.69) is 25.6 Å². The summed E-state index contributed by atoms with van der Waals surface area (Å²) < 4.78 is 38.4. The van der Waals surface area contributed by atoms with Crippen molar-refractivity contribution >= 4 is 42.7 Å². The van der Waals surface area contributed by atoms with Gasteiger partial charge in [0, 0.05) is 18.0 Å². The summed E-state index contributed by atoms with van der Waals surface area (Å²) in [6.07, 6.45) is 2.37. The predicted octanol–water partition coefficient (Wildman–Crippen LogP) is 3.07. The second-order valence-electron chi connectivity index (χ2n) is 5.47. The summed E-state index contributed by atoms with van der Waals surface area (Å²) in [5, 5.41) is 0. The van der Waals surface area contributed by atoms with Crippen LogP contribution in [-0.2, 0) is 14.8 Å². The molecular weight excluding hydrogens is 372 g/mol. The smallest absolute Gasteiger partial charge is 0.235 e. The molecule has 1 aromatic heterocycles. The summed E-state index contributed by atoms with van der Waals surface area (Å²) in [7, 11) is -3.49. The number of nitrogens with zero attached hydrogens (tertiary/aromatic N) is 1. The molecule has 0 spiro atoms. The predicted molar refractivity (Wildman–Crippen MR) is 87.4 cm³/mol. The molecule has 1 fully saturated rings. The van der Waals surface area contributed by atoms with E-state index in [1.165, 1.54) is 12.8 Å². The Morgan fingerprint density at radius 3 is 2.95 bits per heavy atom. The van der Waals surface area contributed by atoms with Crippen LogP contribution in [0.5, 0.6) is 0 Å². The van der Waals surface area contributed by atoms with Crippen LogP contribution in [0.15, 0.2) is 21.0 Å². The standard InChI is InChI=1S/C14H17BrN2O4S/c1-9-16-12-6-11(15)7-13(14(12)21-9)17-22(18,19)5-4-20-8-10-2-3-10/h6-7,10,17H,2-5,8H2,1H3. The number of benzene rings is 1. The van der Waals surface area contributed by atoms with Gasteiger partial charge >= 0.3 is 0 Å². The summed E-state index contributed by atoms with van der Waals surface area (Å²) in [6, 6.07) is 3.44. The van der Waals surface area contributed by atoms with Crippen molar-refractivity contribution in [1.29, 1.82) is 0 Å². The van der Waals surface area contributed by atoms with Crippen molar-refractivity contribution in [2.75, 3.05) is 23.7 Å². The van der Waals surface area contributed by atoms with Gasteiger partial charge in [0.15, 0.2) is 11.5 Å². The van der Waals surface area contributed by atoms with Gasteiger partial charge in [-0.3, -0.25) is 4.72 Å². The van der Waals surface area contributed by atoms with Crippen LogP contribution in [-0.4, -0.2) is 32.4 Å². The molecule has 0 aliphatic heterocycles. The van der Waals surface area contributed by atoms with E-state index in [1.54, 1.807) is 19.1 Å². The average Bonchev–Trinajstić information content (AvgIpc) is 3.16. The summed E-state index contributed by atoms with van der Waals surface area (Å²) in [4.78, 5) is 4.21. The minimum atomic E-state index is -3.49. The lowest BCUT2D eigenvalue weighted by Crippen LogP contribution is -2.20. The number of oxazole rings is 1. The Kier molecular flexibility index (Phi) is 4.42. The first-order valence-corrected chi connectivity index (χ1v) is 9.52. The van der Waals surface area contributed by atoms with E-state index in [1.807, 2.05) is 0 Å². The topological polar surface area (TPSA) is 81.4 Å². The number of rotatable bonds is 7. The van der Waals surface area contributed by atoms with Gasteiger partial charge in [0.2, 0.25) is 10.0 Å². The van der Waals surface area contributed by atoms with Crippen molar-refractivity contribution in [2.45, 2.75) is 19.8 Å². The molecule has 0 bridgehead atoms. The number of aromatic nitrogens is 1. The van der Waals surface area contributed by atoms with E-state index >= 15 is 0 Å². The van der Waals surface area contributed by atoms with E-state index in [9.17, 15) is 8.42 Å². The first kappa shape index (κ1) is 15.8. The van der Waals surface area contributed by atoms with Crippen LogP contribution in [0.2, 0.25) is 0 Å². The molecule has 2 aromatic rings. The fourth-order valence-electron chi connectivity index (χ4n) is 2.11. The first-order chi connectivity index (χ1) is 10.4. The number of hydrogen-bond donors (Lipinski definition) is 1. The van der Waals surface area contributed by atoms with Crippen LogP contribution in [0.3, 0.4) is 0 Å². The maximum atomic E-state index is 12.2. The van der Waals surface area contributed by atoms with Crippen molar-refractivity contribution in [2.24, 2.45) is 5.92 Å². The zero-order chi connectivity index (χ0) is 15.7. The molecule has 1 heterocycles. The fourth-order valence-corrected chi connectivity index (χ4v) is 3.48. The minimum Gasteiger partial charge on any atom is -0.439 e. The number of ether oxygens (including phenoxy) is 1. The summed E-state index contributed by atoms with van der Waals surface area (Å²) in [5.74, 6) is 1.03. The second kappa shape index (κ2) is 6.17. The largest absolute Gasteiger partial charge is 0.439 e. The fraction of sp³-hybridized carbons (Fsp3) is 0.500. The molecule has 1 aliphatic carbocycles. The monoisotopic (exact) mass is 388 g/mol. The quantitative estimate of drug-likeness (QED) is 0.736. The summed E-state index contributed by atoms with van der Waals surface area (Å²) >= 11 is 3.35. The van der Waals surface area contributed by atoms with Gasteiger partial charge in [-0.2, -0.15) is 0 Å². The molecule has 6 nitrogen and oxygen atoms in total. The Bertz CT molecular complexity index is 783. The Labute approximate surface area is 137 Å². The highest BCUT2D eigenvalue weighted by molar-refractivity contribution is 9.10. The third-order valence-electron chi connectivity index (χ3n) is 3.37. The lowest BCUT2D eigenvalue weighted by atomic mass is 10.3. The van der Waals surface area contributed by atoms with Gasteiger partial charge in [-0.15, -0.1) is 0 Å². The van der Waals surface area contributed by atoms with Crippen molar-refractivity contribution < 1.29 is 17.6 Å². The van der Waals surface area contributed by atoms with E-state index in [0.717, 1.165) is 4.47 Å². The van der Waals surface area contributed by atoms with Crippen molar-refractivity contribution in [3.8, 4) is 0 Å². The highest BCUT2D eigenvalue weighted by atomic mass is 79.9. The zero-order valence-electron chi connectivity index (χ0n) is 12.1. The van der Waals surface area contributed by atoms with Crippen LogP contribution in [0, 0.1) is 12.8 Å². The third-order valence-corrected chi connectivity index (χ3v) is 5.07. The molecule has 1 aromatic carbocycles. The van der Waals surface area contributed by atoms with Gasteiger partial charge in [-0.1, -0.05) is 15.9 Å².